The summed E-state index contributed by atoms with van der Waals surface area (Å²) in [6.07, 6.45) is 4.26. The van der Waals surface area contributed by atoms with Crippen LogP contribution in [-0.4, -0.2) is 18.0 Å². The first kappa shape index (κ1) is 22.2. The minimum atomic E-state index is -0.206. The molecule has 0 aromatic heterocycles. The third-order valence-electron chi connectivity index (χ3n) is 5.47. The molecule has 2 aromatic rings. The van der Waals surface area contributed by atoms with E-state index in [4.69, 9.17) is 11.6 Å². The summed E-state index contributed by atoms with van der Waals surface area (Å²) >= 11 is 6.05. The van der Waals surface area contributed by atoms with Crippen LogP contribution in [0.1, 0.15) is 63.1 Å². The van der Waals surface area contributed by atoms with Crippen molar-refractivity contribution in [3.05, 3.63) is 58.6 Å². The lowest BCUT2D eigenvalue weighted by atomic mass is 9.90. The van der Waals surface area contributed by atoms with Gasteiger partial charge in [0, 0.05) is 23.2 Å². The Morgan fingerprint density at radius 3 is 2.70 bits per heavy atom. The van der Waals surface area contributed by atoms with Crippen molar-refractivity contribution in [2.75, 3.05) is 10.2 Å². The van der Waals surface area contributed by atoms with Gasteiger partial charge in [-0.05, 0) is 56.5 Å². The highest BCUT2D eigenvalue weighted by molar-refractivity contribution is 6.30. The van der Waals surface area contributed by atoms with Gasteiger partial charge in [0.2, 0.25) is 5.91 Å². The van der Waals surface area contributed by atoms with E-state index < -0.39 is 0 Å². The number of fused-ring (bicyclic) bond motifs is 1. The van der Waals surface area contributed by atoms with Gasteiger partial charge < -0.3 is 10.6 Å². The van der Waals surface area contributed by atoms with Gasteiger partial charge in [-0.2, -0.15) is 0 Å². The number of hydrogen-bond acceptors (Lipinski definition) is 2. The van der Waals surface area contributed by atoms with Gasteiger partial charge in [-0.25, -0.2) is 4.79 Å². The molecule has 0 fully saturated rings. The maximum absolute atomic E-state index is 13.1. The maximum atomic E-state index is 13.1. The number of halogens is 1. The summed E-state index contributed by atoms with van der Waals surface area (Å²) in [6.45, 7) is 6.16. The van der Waals surface area contributed by atoms with Crippen molar-refractivity contribution in [1.29, 1.82) is 0 Å². The Bertz CT molecular complexity index is 915. The summed E-state index contributed by atoms with van der Waals surface area (Å²) in [5, 5.41) is 6.71. The fourth-order valence-corrected chi connectivity index (χ4v) is 4.17. The van der Waals surface area contributed by atoms with E-state index >= 15 is 0 Å². The van der Waals surface area contributed by atoms with Gasteiger partial charge in [-0.15, -0.1) is 0 Å². The number of hydrogen-bond donors (Lipinski definition) is 2. The van der Waals surface area contributed by atoms with Gasteiger partial charge in [0.15, 0.2) is 0 Å². The zero-order valence-electron chi connectivity index (χ0n) is 17.9. The minimum Gasteiger partial charge on any atom is -0.349 e. The van der Waals surface area contributed by atoms with E-state index in [1.807, 2.05) is 32.0 Å². The third-order valence-corrected chi connectivity index (χ3v) is 5.71. The summed E-state index contributed by atoms with van der Waals surface area (Å²) in [6, 6.07) is 12.8. The molecule has 1 heterocycles. The molecule has 3 rings (SSSR count). The third kappa shape index (κ3) is 5.33. The van der Waals surface area contributed by atoms with Crippen LogP contribution in [0.15, 0.2) is 42.5 Å². The van der Waals surface area contributed by atoms with Gasteiger partial charge in [0.1, 0.15) is 0 Å². The average molecular weight is 428 g/mol. The molecule has 0 spiro atoms. The van der Waals surface area contributed by atoms with Crippen LogP contribution in [0, 0.1) is 6.92 Å². The van der Waals surface area contributed by atoms with E-state index in [1.54, 1.807) is 23.1 Å². The van der Waals surface area contributed by atoms with Gasteiger partial charge in [0.25, 0.3) is 0 Å². The van der Waals surface area contributed by atoms with Crippen LogP contribution >= 0.6 is 11.6 Å². The first-order chi connectivity index (χ1) is 14.4. The van der Waals surface area contributed by atoms with Crippen molar-refractivity contribution < 1.29 is 9.59 Å². The number of aryl methyl sites for hydroxylation is 1. The van der Waals surface area contributed by atoms with Crippen LogP contribution in [0.4, 0.5) is 16.2 Å². The summed E-state index contributed by atoms with van der Waals surface area (Å²) in [5.41, 5.74) is 3.57. The molecular formula is C24H30ClN3O2. The van der Waals surface area contributed by atoms with Crippen LogP contribution in [-0.2, 0) is 4.79 Å². The standard InChI is InChI=1S/C24H30ClN3O2/c1-4-5-6-10-23(29)27-21-14-17(3)28(22-12-11-16(2)13-20(21)22)24(30)26-19-9-7-8-18(25)15-19/h7-9,11-13,15,17,21H,4-6,10,14H2,1-3H3,(H,26,30)(H,27,29)/t17-,21+/m1/s1. The molecule has 0 saturated carbocycles. The van der Waals surface area contributed by atoms with Crippen LogP contribution in [0.2, 0.25) is 5.02 Å². The van der Waals surface area contributed by atoms with Crippen molar-refractivity contribution in [2.24, 2.45) is 0 Å². The van der Waals surface area contributed by atoms with E-state index in [0.717, 1.165) is 36.1 Å². The monoisotopic (exact) mass is 427 g/mol. The molecule has 5 nitrogen and oxygen atoms in total. The summed E-state index contributed by atoms with van der Waals surface area (Å²) in [4.78, 5) is 27.4. The highest BCUT2D eigenvalue weighted by Gasteiger charge is 2.34. The molecule has 2 aromatic carbocycles. The molecule has 0 saturated heterocycles. The van der Waals surface area contributed by atoms with Crippen LogP contribution in [0.3, 0.4) is 0 Å². The molecule has 0 bridgehead atoms. The topological polar surface area (TPSA) is 61.4 Å². The number of nitrogens with zero attached hydrogens (tertiary/aromatic N) is 1. The molecule has 160 valence electrons. The van der Waals surface area contributed by atoms with E-state index in [2.05, 4.69) is 23.6 Å². The predicted molar refractivity (Wildman–Crippen MR) is 123 cm³/mol. The molecule has 1 aliphatic rings. The summed E-state index contributed by atoms with van der Waals surface area (Å²) < 4.78 is 0. The van der Waals surface area contributed by atoms with Gasteiger partial charge in [-0.1, -0.05) is 55.1 Å². The van der Waals surface area contributed by atoms with E-state index in [0.29, 0.717) is 23.6 Å². The second-order valence-electron chi connectivity index (χ2n) is 8.03. The Morgan fingerprint density at radius 2 is 1.97 bits per heavy atom. The second kappa shape index (κ2) is 9.98. The zero-order valence-corrected chi connectivity index (χ0v) is 18.6. The molecule has 6 heteroatoms. The Hall–Kier alpha value is -2.53. The largest absolute Gasteiger partial charge is 0.349 e. The number of carbonyl (C=O) groups is 2. The first-order valence-corrected chi connectivity index (χ1v) is 11.0. The second-order valence-corrected chi connectivity index (χ2v) is 8.47. The first-order valence-electron chi connectivity index (χ1n) is 10.6. The molecule has 0 unspecified atom stereocenters. The van der Waals surface area contributed by atoms with E-state index in [9.17, 15) is 9.59 Å². The van der Waals surface area contributed by atoms with Gasteiger partial charge >= 0.3 is 6.03 Å². The molecule has 0 aliphatic carbocycles. The number of nitrogens with one attached hydrogen (secondary N) is 2. The molecule has 30 heavy (non-hydrogen) atoms. The Morgan fingerprint density at radius 1 is 1.17 bits per heavy atom. The Kier molecular flexibility index (Phi) is 7.38. The number of rotatable bonds is 6. The normalized spacial score (nSPS) is 17.9. The molecule has 0 radical (unpaired) electrons. The number of carbonyl (C=O) groups excluding carboxylic acids is 2. The molecule has 2 atom stereocenters. The van der Waals surface area contributed by atoms with Crippen molar-refractivity contribution in [1.82, 2.24) is 5.32 Å². The predicted octanol–water partition coefficient (Wildman–Crippen LogP) is 6.22. The molecule has 1 aliphatic heterocycles. The number of anilines is 2. The highest BCUT2D eigenvalue weighted by Crippen LogP contribution is 2.38. The Balaban J connectivity index is 1.82. The SMILES string of the molecule is CCCCCC(=O)N[C@H]1C[C@@H](C)N(C(=O)Nc2cccc(Cl)c2)c2ccc(C)cc21. The van der Waals surface area contributed by atoms with Gasteiger partial charge in [0.05, 0.1) is 11.7 Å². The van der Waals surface area contributed by atoms with E-state index in [1.165, 1.54) is 0 Å². The minimum absolute atomic E-state index is 0.0691. The number of amides is 3. The quantitative estimate of drug-likeness (QED) is 0.538. The summed E-state index contributed by atoms with van der Waals surface area (Å²) in [5.74, 6) is 0.0740. The fourth-order valence-electron chi connectivity index (χ4n) is 3.98. The highest BCUT2D eigenvalue weighted by atomic mass is 35.5. The van der Waals surface area contributed by atoms with Crippen molar-refractivity contribution in [3.8, 4) is 0 Å². The lowest BCUT2D eigenvalue weighted by Crippen LogP contribution is -2.48. The van der Waals surface area contributed by atoms with Gasteiger partial charge in [-0.3, -0.25) is 9.69 Å². The lowest BCUT2D eigenvalue weighted by Gasteiger charge is -2.39. The van der Waals surface area contributed by atoms with E-state index in [-0.39, 0.29) is 24.0 Å². The zero-order chi connectivity index (χ0) is 21.7. The number of benzene rings is 2. The number of urea groups is 1. The fraction of sp³-hybridized carbons (Fsp3) is 0.417. The summed E-state index contributed by atoms with van der Waals surface area (Å²) in [7, 11) is 0. The average Bonchev–Trinajstić information content (AvgIpc) is 2.68. The maximum Gasteiger partial charge on any atom is 0.326 e. The lowest BCUT2D eigenvalue weighted by molar-refractivity contribution is -0.122. The van der Waals surface area contributed by atoms with Crippen molar-refractivity contribution in [2.45, 2.75) is 65.0 Å². The molecule has 2 N–H and O–H groups in total. The van der Waals surface area contributed by atoms with Crippen molar-refractivity contribution >= 4 is 34.9 Å². The molecular weight excluding hydrogens is 398 g/mol. The van der Waals surface area contributed by atoms with Crippen molar-refractivity contribution in [3.63, 3.8) is 0 Å². The van der Waals surface area contributed by atoms with Crippen LogP contribution < -0.4 is 15.5 Å². The smallest absolute Gasteiger partial charge is 0.326 e. The Labute approximate surface area is 183 Å². The van der Waals surface area contributed by atoms with Crippen LogP contribution in [0.5, 0.6) is 0 Å². The number of unbranched alkanes of at least 4 members (excludes halogenated alkanes) is 2. The van der Waals surface area contributed by atoms with Crippen LogP contribution in [0.25, 0.3) is 0 Å². The molecule has 3 amide bonds.